The van der Waals surface area contributed by atoms with Gasteiger partial charge in [0.25, 0.3) is 0 Å². The summed E-state index contributed by atoms with van der Waals surface area (Å²) >= 11 is 0. The molecule has 3 aromatic rings. The maximum absolute atomic E-state index is 12.3. The number of unbranched alkanes of at least 4 members (excludes halogenated alkanes) is 1. The molecule has 0 heterocycles. The maximum atomic E-state index is 12.3. The van der Waals surface area contributed by atoms with E-state index < -0.39 is 17.9 Å². The third-order valence-electron chi connectivity index (χ3n) is 5.11. The zero-order valence-electron chi connectivity index (χ0n) is 19.5. The summed E-state index contributed by atoms with van der Waals surface area (Å²) in [4.78, 5) is 35.5. The number of hydrogen-bond donors (Lipinski definition) is 1. The standard InChI is InChI=1S/C28H27NO6/c1-3-26(30)33-18-4-5-19-34-27(31)22-8-6-20(7-9-22)21-12-16-25(17-13-21)35-28(32)23-10-14-24(29-2)15-11-23/h3,6-17,29H,1,4-5,18-19H2,2H3. The SMILES string of the molecule is C=CC(=O)OCCCCOC(=O)c1ccc(-c2ccc(OC(=O)c3ccc(NC)cc3)cc2)cc1. The van der Waals surface area contributed by atoms with E-state index in [1.165, 1.54) is 0 Å². The Kier molecular flexibility index (Phi) is 9.19. The molecule has 0 aliphatic carbocycles. The fraction of sp³-hybridized carbons (Fsp3) is 0.179. The number of nitrogens with one attached hydrogen (secondary N) is 1. The lowest BCUT2D eigenvalue weighted by Gasteiger charge is -2.08. The van der Waals surface area contributed by atoms with Crippen LogP contribution in [0.1, 0.15) is 33.6 Å². The summed E-state index contributed by atoms with van der Waals surface area (Å²) in [6.07, 6.45) is 2.30. The second-order valence-electron chi connectivity index (χ2n) is 7.53. The molecule has 0 amide bonds. The Morgan fingerprint density at radius 1 is 0.743 bits per heavy atom. The van der Waals surface area contributed by atoms with E-state index >= 15 is 0 Å². The van der Waals surface area contributed by atoms with Crippen LogP contribution in [0.25, 0.3) is 11.1 Å². The first kappa shape index (κ1) is 25.2. The van der Waals surface area contributed by atoms with Gasteiger partial charge in [-0.25, -0.2) is 14.4 Å². The summed E-state index contributed by atoms with van der Waals surface area (Å²) in [5.41, 5.74) is 3.64. The molecule has 3 aromatic carbocycles. The molecule has 0 atom stereocenters. The van der Waals surface area contributed by atoms with Crippen LogP contribution >= 0.6 is 0 Å². The molecule has 0 spiro atoms. The lowest BCUT2D eigenvalue weighted by atomic mass is 10.0. The highest BCUT2D eigenvalue weighted by Gasteiger charge is 2.10. The van der Waals surface area contributed by atoms with Crippen LogP contribution in [-0.4, -0.2) is 38.2 Å². The Labute approximate surface area is 204 Å². The number of carbonyl (C=O) groups is 3. The van der Waals surface area contributed by atoms with Crippen LogP contribution < -0.4 is 10.1 Å². The lowest BCUT2D eigenvalue weighted by molar-refractivity contribution is -0.137. The van der Waals surface area contributed by atoms with Gasteiger partial charge in [-0.15, -0.1) is 0 Å². The van der Waals surface area contributed by atoms with E-state index in [2.05, 4.69) is 11.9 Å². The maximum Gasteiger partial charge on any atom is 0.343 e. The molecule has 0 bridgehead atoms. The summed E-state index contributed by atoms with van der Waals surface area (Å²) in [7, 11) is 1.81. The summed E-state index contributed by atoms with van der Waals surface area (Å²) in [6.45, 7) is 3.83. The first-order valence-corrected chi connectivity index (χ1v) is 11.2. The highest BCUT2D eigenvalue weighted by atomic mass is 16.5. The third-order valence-corrected chi connectivity index (χ3v) is 5.11. The highest BCUT2D eigenvalue weighted by Crippen LogP contribution is 2.24. The van der Waals surface area contributed by atoms with Crippen LogP contribution in [0.15, 0.2) is 85.5 Å². The second-order valence-corrected chi connectivity index (χ2v) is 7.53. The molecule has 7 nitrogen and oxygen atoms in total. The van der Waals surface area contributed by atoms with E-state index in [9.17, 15) is 14.4 Å². The minimum atomic E-state index is -0.464. The van der Waals surface area contributed by atoms with Crippen LogP contribution in [0.2, 0.25) is 0 Å². The molecule has 0 unspecified atom stereocenters. The number of carbonyl (C=O) groups excluding carboxylic acids is 3. The van der Waals surface area contributed by atoms with E-state index in [4.69, 9.17) is 14.2 Å². The van der Waals surface area contributed by atoms with E-state index in [-0.39, 0.29) is 13.2 Å². The molecule has 0 aliphatic rings. The number of esters is 3. The van der Waals surface area contributed by atoms with Crippen molar-refractivity contribution in [3.8, 4) is 16.9 Å². The fourth-order valence-electron chi connectivity index (χ4n) is 3.14. The zero-order valence-corrected chi connectivity index (χ0v) is 19.5. The van der Waals surface area contributed by atoms with Crippen molar-refractivity contribution in [1.82, 2.24) is 0 Å². The molecule has 0 saturated heterocycles. The molecular weight excluding hydrogens is 446 g/mol. The Morgan fingerprint density at radius 2 is 1.26 bits per heavy atom. The molecular formula is C28H27NO6. The normalized spacial score (nSPS) is 10.2. The van der Waals surface area contributed by atoms with E-state index in [0.29, 0.717) is 29.7 Å². The number of anilines is 1. The van der Waals surface area contributed by atoms with Crippen LogP contribution in [0.3, 0.4) is 0 Å². The van der Waals surface area contributed by atoms with Gasteiger partial charge in [0, 0.05) is 18.8 Å². The largest absolute Gasteiger partial charge is 0.463 e. The number of hydrogen-bond acceptors (Lipinski definition) is 7. The molecule has 0 fully saturated rings. The van der Waals surface area contributed by atoms with E-state index in [0.717, 1.165) is 22.9 Å². The van der Waals surface area contributed by atoms with Crippen molar-refractivity contribution in [2.45, 2.75) is 12.8 Å². The molecule has 0 aromatic heterocycles. The summed E-state index contributed by atoms with van der Waals surface area (Å²) in [5.74, 6) is -0.866. The molecule has 7 heteroatoms. The van der Waals surface area contributed by atoms with Gasteiger partial charge in [-0.3, -0.25) is 0 Å². The van der Waals surface area contributed by atoms with Crippen molar-refractivity contribution in [2.75, 3.05) is 25.6 Å². The van der Waals surface area contributed by atoms with Crippen molar-refractivity contribution in [3.63, 3.8) is 0 Å². The van der Waals surface area contributed by atoms with Crippen LogP contribution in [0, 0.1) is 0 Å². The Hall–Kier alpha value is -4.39. The van der Waals surface area contributed by atoms with Crippen LogP contribution in [0.4, 0.5) is 5.69 Å². The Morgan fingerprint density at radius 3 is 1.83 bits per heavy atom. The number of rotatable bonds is 11. The Bertz CT molecular complexity index is 1150. The predicted octanol–water partition coefficient (Wildman–Crippen LogP) is 5.28. The van der Waals surface area contributed by atoms with Crippen molar-refractivity contribution in [2.24, 2.45) is 0 Å². The molecule has 35 heavy (non-hydrogen) atoms. The van der Waals surface area contributed by atoms with Gasteiger partial charge in [-0.2, -0.15) is 0 Å². The van der Waals surface area contributed by atoms with Crippen LogP contribution in [0.5, 0.6) is 5.75 Å². The monoisotopic (exact) mass is 473 g/mol. The van der Waals surface area contributed by atoms with Gasteiger partial charge in [-0.1, -0.05) is 30.8 Å². The first-order valence-electron chi connectivity index (χ1n) is 11.2. The smallest absolute Gasteiger partial charge is 0.343 e. The Balaban J connectivity index is 1.48. The van der Waals surface area contributed by atoms with E-state index in [1.54, 1.807) is 36.4 Å². The quantitative estimate of drug-likeness (QED) is 0.175. The third kappa shape index (κ3) is 7.57. The fourth-order valence-corrected chi connectivity index (χ4v) is 3.14. The summed E-state index contributed by atoms with van der Waals surface area (Å²) in [6, 6.07) is 21.2. The minimum absolute atomic E-state index is 0.242. The molecule has 3 rings (SSSR count). The van der Waals surface area contributed by atoms with E-state index in [1.807, 2.05) is 43.4 Å². The van der Waals surface area contributed by atoms with Gasteiger partial charge in [0.15, 0.2) is 0 Å². The average Bonchev–Trinajstić information content (AvgIpc) is 2.90. The van der Waals surface area contributed by atoms with Crippen molar-refractivity contribution in [3.05, 3.63) is 96.6 Å². The van der Waals surface area contributed by atoms with Crippen molar-refractivity contribution in [1.29, 1.82) is 0 Å². The minimum Gasteiger partial charge on any atom is -0.463 e. The van der Waals surface area contributed by atoms with Gasteiger partial charge in [0.05, 0.1) is 24.3 Å². The van der Waals surface area contributed by atoms with Crippen molar-refractivity contribution < 1.29 is 28.6 Å². The second kappa shape index (κ2) is 12.7. The van der Waals surface area contributed by atoms with Crippen LogP contribution in [-0.2, 0) is 14.3 Å². The van der Waals surface area contributed by atoms with Gasteiger partial charge >= 0.3 is 17.9 Å². The highest BCUT2D eigenvalue weighted by molar-refractivity contribution is 5.91. The average molecular weight is 474 g/mol. The summed E-state index contributed by atoms with van der Waals surface area (Å²) in [5, 5.41) is 3.00. The zero-order chi connectivity index (χ0) is 25.0. The predicted molar refractivity (Wildman–Crippen MR) is 133 cm³/mol. The van der Waals surface area contributed by atoms with Gasteiger partial charge < -0.3 is 19.5 Å². The van der Waals surface area contributed by atoms with Gasteiger partial charge in [0.2, 0.25) is 0 Å². The topological polar surface area (TPSA) is 90.9 Å². The molecule has 0 radical (unpaired) electrons. The number of benzene rings is 3. The first-order chi connectivity index (χ1) is 17.0. The molecule has 180 valence electrons. The lowest BCUT2D eigenvalue weighted by Crippen LogP contribution is -2.08. The van der Waals surface area contributed by atoms with Gasteiger partial charge in [-0.05, 0) is 72.5 Å². The molecule has 0 saturated carbocycles. The van der Waals surface area contributed by atoms with Gasteiger partial charge in [0.1, 0.15) is 5.75 Å². The number of ether oxygens (including phenoxy) is 3. The summed E-state index contributed by atoms with van der Waals surface area (Å²) < 4.78 is 15.6. The molecule has 0 aliphatic heterocycles. The molecule has 1 N–H and O–H groups in total. The van der Waals surface area contributed by atoms with Crippen molar-refractivity contribution >= 4 is 23.6 Å².